The summed E-state index contributed by atoms with van der Waals surface area (Å²) in [4.78, 5) is 41.4. The van der Waals surface area contributed by atoms with Crippen molar-refractivity contribution in [1.82, 2.24) is 15.1 Å². The molecule has 9 heteroatoms. The molecule has 4 rings (SSSR count). The van der Waals surface area contributed by atoms with Gasteiger partial charge in [0, 0.05) is 25.6 Å². The molecule has 4 N–H and O–H groups in total. The van der Waals surface area contributed by atoms with Gasteiger partial charge >= 0.3 is 6.09 Å². The lowest BCUT2D eigenvalue weighted by Gasteiger charge is -2.34. The van der Waals surface area contributed by atoms with E-state index in [1.807, 2.05) is 35.2 Å². The molecule has 34 heavy (non-hydrogen) atoms. The zero-order chi connectivity index (χ0) is 24.1. The van der Waals surface area contributed by atoms with Gasteiger partial charge in [-0.2, -0.15) is 0 Å². The zero-order valence-electron chi connectivity index (χ0n) is 19.6. The topological polar surface area (TPSA) is 125 Å². The molecule has 9 nitrogen and oxygen atoms in total. The highest BCUT2D eigenvalue weighted by Gasteiger charge is 2.41. The van der Waals surface area contributed by atoms with Crippen LogP contribution in [0.1, 0.15) is 50.5 Å². The minimum Gasteiger partial charge on any atom is -0.445 e. The molecule has 2 saturated heterocycles. The van der Waals surface area contributed by atoms with Gasteiger partial charge in [0.25, 0.3) is 0 Å². The van der Waals surface area contributed by atoms with E-state index in [1.165, 1.54) is 4.90 Å². The lowest BCUT2D eigenvalue weighted by molar-refractivity contribution is -0.133. The van der Waals surface area contributed by atoms with Gasteiger partial charge in [-0.15, -0.1) is 0 Å². The Morgan fingerprint density at radius 1 is 1.09 bits per heavy atom. The first-order chi connectivity index (χ1) is 16.4. The fourth-order valence-corrected chi connectivity index (χ4v) is 5.34. The van der Waals surface area contributed by atoms with E-state index in [9.17, 15) is 19.5 Å². The molecule has 3 amide bonds. The van der Waals surface area contributed by atoms with Crippen molar-refractivity contribution >= 4 is 17.9 Å². The van der Waals surface area contributed by atoms with Crippen molar-refractivity contribution in [1.29, 1.82) is 0 Å². The number of hydrogen-bond acceptors (Lipinski definition) is 6. The second kappa shape index (κ2) is 11.2. The summed E-state index contributed by atoms with van der Waals surface area (Å²) in [6, 6.07) is 8.07. The molecule has 0 aromatic heterocycles. The Hall–Kier alpha value is -2.65. The summed E-state index contributed by atoms with van der Waals surface area (Å²) in [6.07, 6.45) is 3.96. The van der Waals surface area contributed by atoms with Crippen molar-refractivity contribution in [2.45, 2.75) is 75.8 Å². The van der Waals surface area contributed by atoms with Gasteiger partial charge in [-0.25, -0.2) is 4.79 Å². The van der Waals surface area contributed by atoms with Crippen molar-refractivity contribution in [2.75, 3.05) is 19.6 Å². The summed E-state index contributed by atoms with van der Waals surface area (Å²) in [5, 5.41) is 13.2. The molecule has 1 aromatic carbocycles. The molecule has 0 unspecified atom stereocenters. The highest BCUT2D eigenvalue weighted by molar-refractivity contribution is 5.86. The van der Waals surface area contributed by atoms with Gasteiger partial charge in [-0.05, 0) is 50.0 Å². The molecular weight excluding hydrogens is 436 g/mol. The number of amides is 3. The minimum absolute atomic E-state index is 0.0298. The Labute approximate surface area is 200 Å². The molecule has 186 valence electrons. The number of β-amino-alcohol motifs (C(OH)–C–C–N with tert-alkyl or cyclic N) is 1. The molecule has 1 saturated carbocycles. The van der Waals surface area contributed by atoms with Crippen LogP contribution >= 0.6 is 0 Å². The first-order valence-corrected chi connectivity index (χ1v) is 12.4. The van der Waals surface area contributed by atoms with Crippen molar-refractivity contribution in [2.24, 2.45) is 11.7 Å². The van der Waals surface area contributed by atoms with Crippen LogP contribution in [-0.4, -0.2) is 76.7 Å². The molecule has 3 fully saturated rings. The van der Waals surface area contributed by atoms with E-state index in [0.717, 1.165) is 57.2 Å². The number of nitrogens with one attached hydrogen (secondary N) is 1. The predicted octanol–water partition coefficient (Wildman–Crippen LogP) is 1.38. The fraction of sp³-hybridized carbons (Fsp3) is 0.640. The summed E-state index contributed by atoms with van der Waals surface area (Å²) in [7, 11) is 0. The molecule has 3 atom stereocenters. The maximum absolute atomic E-state index is 13.0. The number of carbonyl (C=O) groups is 3. The minimum atomic E-state index is -0.759. The van der Waals surface area contributed by atoms with Crippen LogP contribution in [-0.2, 0) is 20.9 Å². The highest BCUT2D eigenvalue weighted by Crippen LogP contribution is 2.28. The molecule has 1 aromatic rings. The second-order valence-corrected chi connectivity index (χ2v) is 9.78. The van der Waals surface area contributed by atoms with Crippen molar-refractivity contribution < 1.29 is 24.2 Å². The van der Waals surface area contributed by atoms with Gasteiger partial charge in [-0.3, -0.25) is 14.5 Å². The van der Waals surface area contributed by atoms with Gasteiger partial charge in [0.15, 0.2) is 0 Å². The summed E-state index contributed by atoms with van der Waals surface area (Å²) in [5.74, 6) is -0.0947. The predicted molar refractivity (Wildman–Crippen MR) is 125 cm³/mol. The van der Waals surface area contributed by atoms with Crippen LogP contribution in [0.25, 0.3) is 0 Å². The summed E-state index contributed by atoms with van der Waals surface area (Å²) < 4.78 is 5.38. The summed E-state index contributed by atoms with van der Waals surface area (Å²) >= 11 is 0. The number of hydrogen-bond donors (Lipinski definition) is 3. The SMILES string of the molecule is N[C@H](C(=O)N1CCCC1)C1CCC(NC(=O)[C@@H]2C[C@@H](O)CN2C(=O)OCc2ccccc2)CC1. The van der Waals surface area contributed by atoms with Gasteiger partial charge in [0.05, 0.1) is 18.7 Å². The van der Waals surface area contributed by atoms with E-state index in [0.29, 0.717) is 0 Å². The first kappa shape index (κ1) is 24.5. The number of likely N-dealkylation sites (tertiary alicyclic amines) is 2. The third kappa shape index (κ3) is 5.88. The van der Waals surface area contributed by atoms with Gasteiger partial charge in [0.1, 0.15) is 12.6 Å². The van der Waals surface area contributed by atoms with Crippen LogP contribution < -0.4 is 11.1 Å². The van der Waals surface area contributed by atoms with Crippen LogP contribution in [0.3, 0.4) is 0 Å². The molecule has 1 aliphatic carbocycles. The molecule has 3 aliphatic rings. The number of benzene rings is 1. The number of aliphatic hydroxyl groups excluding tert-OH is 1. The van der Waals surface area contributed by atoms with Crippen molar-refractivity contribution in [3.8, 4) is 0 Å². The maximum Gasteiger partial charge on any atom is 0.410 e. The standard InChI is InChI=1S/C25H36N4O5/c26-22(24(32)28-12-4-5-13-28)18-8-10-19(11-9-18)27-23(31)21-14-20(30)15-29(21)25(33)34-16-17-6-2-1-3-7-17/h1-3,6-7,18-22,30H,4-5,8-16,26H2,(H,27,31)/t18?,19?,20-,21+,22+/m1/s1. The lowest BCUT2D eigenvalue weighted by atomic mass is 9.81. The van der Waals surface area contributed by atoms with E-state index >= 15 is 0 Å². The molecule has 0 spiro atoms. The Morgan fingerprint density at radius 3 is 2.44 bits per heavy atom. The Balaban J connectivity index is 1.25. The van der Waals surface area contributed by atoms with Crippen LogP contribution in [0.15, 0.2) is 30.3 Å². The molecule has 2 aliphatic heterocycles. The van der Waals surface area contributed by atoms with E-state index in [4.69, 9.17) is 10.5 Å². The van der Waals surface area contributed by atoms with Crippen LogP contribution in [0.4, 0.5) is 4.79 Å². The fourth-order valence-electron chi connectivity index (χ4n) is 5.34. The number of carbonyl (C=O) groups excluding carboxylic acids is 3. The normalized spacial score (nSPS) is 27.9. The summed E-state index contributed by atoms with van der Waals surface area (Å²) in [6.45, 7) is 1.79. The largest absolute Gasteiger partial charge is 0.445 e. The van der Waals surface area contributed by atoms with Crippen LogP contribution in [0.5, 0.6) is 0 Å². The Bertz CT molecular complexity index is 852. The zero-order valence-corrected chi connectivity index (χ0v) is 19.6. The Kier molecular flexibility index (Phi) is 8.05. The highest BCUT2D eigenvalue weighted by atomic mass is 16.6. The second-order valence-electron chi connectivity index (χ2n) is 9.78. The molecular formula is C25H36N4O5. The van der Waals surface area contributed by atoms with Crippen LogP contribution in [0, 0.1) is 5.92 Å². The lowest BCUT2D eigenvalue weighted by Crippen LogP contribution is -2.51. The van der Waals surface area contributed by atoms with Gasteiger partial charge < -0.3 is 25.8 Å². The number of aliphatic hydroxyl groups is 1. The van der Waals surface area contributed by atoms with E-state index in [-0.39, 0.29) is 43.3 Å². The average Bonchev–Trinajstić information content (AvgIpc) is 3.53. The van der Waals surface area contributed by atoms with Crippen LogP contribution in [0.2, 0.25) is 0 Å². The van der Waals surface area contributed by atoms with Crippen molar-refractivity contribution in [3.63, 3.8) is 0 Å². The first-order valence-electron chi connectivity index (χ1n) is 12.4. The number of rotatable bonds is 6. The molecule has 2 heterocycles. The third-order valence-corrected chi connectivity index (χ3v) is 7.35. The van der Waals surface area contributed by atoms with E-state index in [2.05, 4.69) is 5.32 Å². The molecule has 0 bridgehead atoms. The average molecular weight is 473 g/mol. The van der Waals surface area contributed by atoms with E-state index < -0.39 is 24.3 Å². The maximum atomic E-state index is 13.0. The van der Waals surface area contributed by atoms with Crippen molar-refractivity contribution in [3.05, 3.63) is 35.9 Å². The number of nitrogens with two attached hydrogens (primary N) is 1. The Morgan fingerprint density at radius 2 is 1.76 bits per heavy atom. The van der Waals surface area contributed by atoms with E-state index in [1.54, 1.807) is 0 Å². The summed E-state index contributed by atoms with van der Waals surface area (Å²) in [5.41, 5.74) is 7.15. The smallest absolute Gasteiger partial charge is 0.410 e. The quantitative estimate of drug-likeness (QED) is 0.575. The third-order valence-electron chi connectivity index (χ3n) is 7.35. The monoisotopic (exact) mass is 472 g/mol. The number of ether oxygens (including phenoxy) is 1. The number of nitrogens with zero attached hydrogens (tertiary/aromatic N) is 2. The molecule has 0 radical (unpaired) electrons. The van der Waals surface area contributed by atoms with Gasteiger partial charge in [0.2, 0.25) is 11.8 Å². The van der Waals surface area contributed by atoms with Gasteiger partial charge in [-0.1, -0.05) is 30.3 Å².